The molecule has 6 heteroatoms. The normalized spacial score (nSPS) is 13.4. The van der Waals surface area contributed by atoms with Gasteiger partial charge in [0.15, 0.2) is 0 Å². The maximum atomic E-state index is 6.22. The van der Waals surface area contributed by atoms with Gasteiger partial charge < -0.3 is 9.97 Å². The SMILES string of the molecule is CCCCCCCCC1(CCCCCCCC)c2cc3[nH]c(-c4ccc(Cl)cc4)nc3cc2-c2cc3nc(-c4ccc(Cl)cc4)[nH]c3cc21. The number of fused-ring (bicyclic) bond motifs is 5. The number of H-pyrrole nitrogens is 2. The van der Waals surface area contributed by atoms with E-state index in [0.29, 0.717) is 0 Å². The minimum atomic E-state index is -0.0559. The van der Waals surface area contributed by atoms with Crippen molar-refractivity contribution in [2.75, 3.05) is 0 Å². The van der Waals surface area contributed by atoms with Gasteiger partial charge in [0, 0.05) is 26.6 Å². The first-order chi connectivity index (χ1) is 24.0. The molecule has 0 radical (unpaired) electrons. The van der Waals surface area contributed by atoms with Crippen molar-refractivity contribution in [2.24, 2.45) is 0 Å². The molecule has 254 valence electrons. The molecule has 0 fully saturated rings. The summed E-state index contributed by atoms with van der Waals surface area (Å²) in [6.45, 7) is 4.59. The van der Waals surface area contributed by atoms with Gasteiger partial charge in [-0.15, -0.1) is 0 Å². The molecular weight excluding hydrogens is 643 g/mol. The quantitative estimate of drug-likeness (QED) is 0.0993. The van der Waals surface area contributed by atoms with Crippen molar-refractivity contribution in [1.82, 2.24) is 19.9 Å². The lowest BCUT2D eigenvalue weighted by molar-refractivity contribution is 0.398. The van der Waals surface area contributed by atoms with Crippen LogP contribution in [0.1, 0.15) is 115 Å². The van der Waals surface area contributed by atoms with Crippen LogP contribution in [-0.4, -0.2) is 19.9 Å². The molecule has 0 spiro atoms. The Balaban J connectivity index is 1.34. The third-order valence-electron chi connectivity index (χ3n) is 10.7. The van der Waals surface area contributed by atoms with E-state index in [1.807, 2.05) is 48.5 Å². The number of hydrogen-bond donors (Lipinski definition) is 2. The van der Waals surface area contributed by atoms with E-state index in [0.717, 1.165) is 67.7 Å². The summed E-state index contributed by atoms with van der Waals surface area (Å²) in [6.07, 6.45) is 17.8. The van der Waals surface area contributed by atoms with Gasteiger partial charge >= 0.3 is 0 Å². The smallest absolute Gasteiger partial charge is 0.138 e. The standard InChI is InChI=1S/C43H48Cl2N4/c1-3-5-7-9-11-13-23-43(24-14-12-10-8-6-4-2)35-27-39-37(46-41(48-39)29-15-19-31(44)20-16-29)25-33(35)34-26-38-40(28-36(34)43)49-42(47-38)30-17-21-32(45)22-18-30/h15-22,25-28H,3-14,23-24H2,1-2H3,(H,46,48)(H,47,49). The molecule has 2 heterocycles. The first kappa shape index (κ1) is 33.9. The number of aromatic nitrogens is 4. The second-order valence-corrected chi connectivity index (χ2v) is 15.0. The van der Waals surface area contributed by atoms with Gasteiger partial charge in [0.25, 0.3) is 0 Å². The number of halogens is 2. The zero-order chi connectivity index (χ0) is 33.8. The highest BCUT2D eigenvalue weighted by Gasteiger charge is 2.43. The van der Waals surface area contributed by atoms with Gasteiger partial charge in [-0.05, 0) is 108 Å². The summed E-state index contributed by atoms with van der Waals surface area (Å²) in [5, 5.41) is 1.46. The molecule has 2 N–H and O–H groups in total. The average Bonchev–Trinajstić information content (AvgIpc) is 3.79. The summed E-state index contributed by atoms with van der Waals surface area (Å²) in [5.41, 5.74) is 11.7. The van der Waals surface area contributed by atoms with E-state index < -0.39 is 0 Å². The molecule has 2 aromatic heterocycles. The molecule has 7 rings (SSSR count). The second-order valence-electron chi connectivity index (χ2n) is 14.1. The molecule has 4 nitrogen and oxygen atoms in total. The Morgan fingerprint density at radius 2 is 0.898 bits per heavy atom. The molecule has 4 aromatic carbocycles. The topological polar surface area (TPSA) is 57.4 Å². The van der Waals surface area contributed by atoms with Crippen molar-refractivity contribution >= 4 is 45.3 Å². The first-order valence-electron chi connectivity index (χ1n) is 18.6. The van der Waals surface area contributed by atoms with Crippen LogP contribution >= 0.6 is 23.2 Å². The number of imidazole rings is 2. The van der Waals surface area contributed by atoms with Crippen LogP contribution in [-0.2, 0) is 5.41 Å². The van der Waals surface area contributed by atoms with Gasteiger partial charge in [-0.2, -0.15) is 0 Å². The van der Waals surface area contributed by atoms with Crippen molar-refractivity contribution in [3.63, 3.8) is 0 Å². The van der Waals surface area contributed by atoms with E-state index in [-0.39, 0.29) is 5.41 Å². The minimum Gasteiger partial charge on any atom is -0.338 e. The lowest BCUT2D eigenvalue weighted by Crippen LogP contribution is -2.25. The Morgan fingerprint density at radius 1 is 0.510 bits per heavy atom. The number of nitrogens with zero attached hydrogens (tertiary/aromatic N) is 2. The number of benzene rings is 4. The molecular formula is C43H48Cl2N4. The molecule has 0 atom stereocenters. The molecule has 0 saturated heterocycles. The predicted molar refractivity (Wildman–Crippen MR) is 209 cm³/mol. The van der Waals surface area contributed by atoms with E-state index >= 15 is 0 Å². The van der Waals surface area contributed by atoms with Crippen molar-refractivity contribution in [2.45, 2.75) is 109 Å². The van der Waals surface area contributed by atoms with Crippen LogP contribution in [0.3, 0.4) is 0 Å². The number of unbranched alkanes of at least 4 members (excludes halogenated alkanes) is 10. The van der Waals surface area contributed by atoms with Crippen LogP contribution in [0.2, 0.25) is 10.0 Å². The third-order valence-corrected chi connectivity index (χ3v) is 11.2. The van der Waals surface area contributed by atoms with E-state index in [1.54, 1.807) is 0 Å². The Bertz CT molecular complexity index is 1870. The molecule has 0 unspecified atom stereocenters. The minimum absolute atomic E-state index is 0.0559. The van der Waals surface area contributed by atoms with Crippen LogP contribution < -0.4 is 0 Å². The summed E-state index contributed by atoms with van der Waals surface area (Å²) in [7, 11) is 0. The molecule has 0 saturated carbocycles. The van der Waals surface area contributed by atoms with Crippen molar-refractivity contribution in [3.05, 3.63) is 94.0 Å². The van der Waals surface area contributed by atoms with Gasteiger partial charge in [-0.25, -0.2) is 9.97 Å². The zero-order valence-electron chi connectivity index (χ0n) is 29.0. The molecule has 1 aliphatic carbocycles. The maximum Gasteiger partial charge on any atom is 0.138 e. The predicted octanol–water partition coefficient (Wildman–Crippen LogP) is 13.8. The second kappa shape index (κ2) is 15.1. The molecule has 1 aliphatic rings. The Hall–Kier alpha value is -3.60. The number of aromatic amines is 2. The van der Waals surface area contributed by atoms with Crippen LogP contribution in [0.25, 0.3) is 56.0 Å². The lowest BCUT2D eigenvalue weighted by atomic mass is 9.70. The van der Waals surface area contributed by atoms with Gasteiger partial charge in [-0.3, -0.25) is 0 Å². The highest BCUT2D eigenvalue weighted by atomic mass is 35.5. The van der Waals surface area contributed by atoms with Gasteiger partial charge in [-0.1, -0.05) is 114 Å². The van der Waals surface area contributed by atoms with Gasteiger partial charge in [0.2, 0.25) is 0 Å². The van der Waals surface area contributed by atoms with Crippen LogP contribution in [0.4, 0.5) is 0 Å². The molecule has 0 bridgehead atoms. The molecule has 0 aliphatic heterocycles. The van der Waals surface area contributed by atoms with E-state index in [9.17, 15) is 0 Å². The third kappa shape index (κ3) is 7.05. The fraction of sp³-hybridized carbons (Fsp3) is 0.395. The first-order valence-corrected chi connectivity index (χ1v) is 19.4. The maximum absolute atomic E-state index is 6.22. The Kier molecular flexibility index (Phi) is 10.4. The van der Waals surface area contributed by atoms with Crippen LogP contribution in [0.5, 0.6) is 0 Å². The average molecular weight is 692 g/mol. The van der Waals surface area contributed by atoms with E-state index in [2.05, 4.69) is 48.1 Å². The van der Waals surface area contributed by atoms with Gasteiger partial charge in [0.1, 0.15) is 11.6 Å². The number of nitrogens with one attached hydrogen (secondary N) is 2. The van der Waals surface area contributed by atoms with E-state index in [4.69, 9.17) is 33.2 Å². The fourth-order valence-electron chi connectivity index (χ4n) is 8.06. The number of rotatable bonds is 16. The monoisotopic (exact) mass is 690 g/mol. The Morgan fingerprint density at radius 3 is 1.31 bits per heavy atom. The Labute approximate surface area is 301 Å². The summed E-state index contributed by atoms with van der Waals surface area (Å²) in [4.78, 5) is 17.6. The molecule has 0 amide bonds. The van der Waals surface area contributed by atoms with E-state index in [1.165, 1.54) is 99.3 Å². The van der Waals surface area contributed by atoms with Crippen molar-refractivity contribution < 1.29 is 0 Å². The van der Waals surface area contributed by atoms with Gasteiger partial charge in [0.05, 0.1) is 22.1 Å². The van der Waals surface area contributed by atoms with Crippen LogP contribution in [0, 0.1) is 0 Å². The largest absolute Gasteiger partial charge is 0.338 e. The summed E-state index contributed by atoms with van der Waals surface area (Å²) >= 11 is 12.4. The zero-order valence-corrected chi connectivity index (χ0v) is 30.5. The summed E-state index contributed by atoms with van der Waals surface area (Å²) in [5.74, 6) is 1.76. The highest BCUT2D eigenvalue weighted by molar-refractivity contribution is 6.30. The van der Waals surface area contributed by atoms with Crippen molar-refractivity contribution in [3.8, 4) is 33.9 Å². The van der Waals surface area contributed by atoms with Crippen LogP contribution in [0.15, 0.2) is 72.8 Å². The highest BCUT2D eigenvalue weighted by Crippen LogP contribution is 2.56. The summed E-state index contributed by atoms with van der Waals surface area (Å²) in [6, 6.07) is 25.4. The molecule has 6 aromatic rings. The number of hydrogen-bond acceptors (Lipinski definition) is 2. The fourth-order valence-corrected chi connectivity index (χ4v) is 8.32. The molecule has 49 heavy (non-hydrogen) atoms. The van der Waals surface area contributed by atoms with Crippen molar-refractivity contribution in [1.29, 1.82) is 0 Å². The summed E-state index contributed by atoms with van der Waals surface area (Å²) < 4.78 is 0. The lowest BCUT2D eigenvalue weighted by Gasteiger charge is -2.33.